The molecule has 0 aromatic rings. The lowest BCUT2D eigenvalue weighted by molar-refractivity contribution is -0.143. The molecule has 2 atom stereocenters. The van der Waals surface area contributed by atoms with Crippen molar-refractivity contribution in [2.75, 3.05) is 13.2 Å². The Labute approximate surface area is 526 Å². The van der Waals surface area contributed by atoms with Gasteiger partial charge in [0.15, 0.2) is 0 Å². The van der Waals surface area contributed by atoms with Crippen LogP contribution < -0.4 is 5.32 Å². The maximum Gasteiger partial charge on any atom is 0.305 e. The highest BCUT2D eigenvalue weighted by molar-refractivity contribution is 5.76. The van der Waals surface area contributed by atoms with Crippen molar-refractivity contribution in [1.29, 1.82) is 0 Å². The molecule has 0 saturated heterocycles. The van der Waals surface area contributed by atoms with Gasteiger partial charge in [-0.25, -0.2) is 0 Å². The highest BCUT2D eigenvalue weighted by Crippen LogP contribution is 2.20. The zero-order valence-corrected chi connectivity index (χ0v) is 57.2. The number of ether oxygens (including phenoxy) is 1. The molecule has 0 saturated carbocycles. The first-order valence-electron chi connectivity index (χ1n) is 38.6. The molecule has 6 heteroatoms. The van der Waals surface area contributed by atoms with Crippen molar-refractivity contribution in [1.82, 2.24) is 5.32 Å². The van der Waals surface area contributed by atoms with E-state index >= 15 is 0 Å². The molecule has 0 aromatic heterocycles. The fourth-order valence-electron chi connectivity index (χ4n) is 12.3. The van der Waals surface area contributed by atoms with Crippen molar-refractivity contribution in [2.24, 2.45) is 0 Å². The number of allylic oxidation sites excluding steroid dienone is 4. The lowest BCUT2D eigenvalue weighted by atomic mass is 10.0. The quantitative estimate of drug-likeness (QED) is 0.0320. The predicted molar refractivity (Wildman–Crippen MR) is 370 cm³/mol. The van der Waals surface area contributed by atoms with E-state index < -0.39 is 12.1 Å². The molecular formula is C78H151NO5. The van der Waals surface area contributed by atoms with Crippen molar-refractivity contribution in [3.8, 4) is 0 Å². The predicted octanol–water partition coefficient (Wildman–Crippen LogP) is 25.3. The molecule has 0 heterocycles. The van der Waals surface area contributed by atoms with Crippen LogP contribution in [0.25, 0.3) is 0 Å². The summed E-state index contributed by atoms with van der Waals surface area (Å²) in [5.74, 6) is -0.0115. The van der Waals surface area contributed by atoms with Crippen molar-refractivity contribution >= 4 is 11.9 Å². The number of carbonyl (C=O) groups excluding carboxylic acids is 2. The van der Waals surface area contributed by atoms with E-state index in [2.05, 4.69) is 43.5 Å². The summed E-state index contributed by atoms with van der Waals surface area (Å²) in [5.41, 5.74) is 0. The maximum atomic E-state index is 12.5. The Kier molecular flexibility index (Phi) is 72.3. The van der Waals surface area contributed by atoms with Crippen LogP contribution in [0.15, 0.2) is 24.3 Å². The molecule has 6 nitrogen and oxygen atoms in total. The molecule has 0 fully saturated rings. The average molecular weight is 1180 g/mol. The van der Waals surface area contributed by atoms with Gasteiger partial charge in [0.2, 0.25) is 5.91 Å². The van der Waals surface area contributed by atoms with Crippen molar-refractivity contribution in [3.63, 3.8) is 0 Å². The second kappa shape index (κ2) is 73.8. The van der Waals surface area contributed by atoms with Gasteiger partial charge in [-0.05, 0) is 77.0 Å². The highest BCUT2D eigenvalue weighted by Gasteiger charge is 2.20. The highest BCUT2D eigenvalue weighted by atomic mass is 16.5. The summed E-state index contributed by atoms with van der Waals surface area (Å²) in [4.78, 5) is 24.6. The van der Waals surface area contributed by atoms with Crippen LogP contribution in [0.4, 0.5) is 0 Å². The lowest BCUT2D eigenvalue weighted by Gasteiger charge is -2.22. The number of unbranched alkanes of at least 4 members (excludes halogenated alkanes) is 58. The van der Waals surface area contributed by atoms with Crippen molar-refractivity contribution < 1.29 is 24.5 Å². The first-order chi connectivity index (χ1) is 41.5. The fourth-order valence-corrected chi connectivity index (χ4v) is 12.3. The summed E-state index contributed by atoms with van der Waals surface area (Å²) in [6, 6.07) is -0.539. The average Bonchev–Trinajstić information content (AvgIpc) is 3.51. The number of nitrogens with one attached hydrogen (secondary N) is 1. The number of hydrogen-bond acceptors (Lipinski definition) is 5. The van der Waals surface area contributed by atoms with Gasteiger partial charge >= 0.3 is 5.97 Å². The Hall–Kier alpha value is -1.66. The van der Waals surface area contributed by atoms with Crippen LogP contribution >= 0.6 is 0 Å². The van der Waals surface area contributed by atoms with Crippen LogP contribution in [0.5, 0.6) is 0 Å². The number of carbonyl (C=O) groups is 2. The molecule has 0 spiro atoms. The second-order valence-electron chi connectivity index (χ2n) is 26.7. The van der Waals surface area contributed by atoms with Crippen molar-refractivity contribution in [2.45, 2.75) is 450 Å². The first-order valence-corrected chi connectivity index (χ1v) is 38.6. The molecule has 1 amide bonds. The van der Waals surface area contributed by atoms with Gasteiger partial charge in [0.1, 0.15) is 0 Å². The SMILES string of the molecule is CCCCCCCC/C=C\CCCCCCCCCC(=O)OCCCCCCCCCCCCCC/C=C\CCCCCCCCCCCCCCCCCCCC(=O)NC(CO)C(O)CCCCCCCCCCCCCCCCCCC. The zero-order valence-electron chi connectivity index (χ0n) is 57.2. The topological polar surface area (TPSA) is 95.9 Å². The van der Waals surface area contributed by atoms with E-state index in [1.54, 1.807) is 0 Å². The summed E-state index contributed by atoms with van der Waals surface area (Å²) in [7, 11) is 0. The minimum atomic E-state index is -0.662. The van der Waals surface area contributed by atoms with E-state index in [1.165, 1.54) is 360 Å². The largest absolute Gasteiger partial charge is 0.466 e. The monoisotopic (exact) mass is 1180 g/mol. The Morgan fingerprint density at radius 2 is 0.560 bits per heavy atom. The molecule has 0 aromatic carbocycles. The second-order valence-corrected chi connectivity index (χ2v) is 26.7. The molecule has 2 unspecified atom stereocenters. The van der Waals surface area contributed by atoms with Gasteiger partial charge in [-0.1, -0.05) is 372 Å². The normalized spacial score (nSPS) is 12.6. The number of aliphatic hydroxyl groups is 2. The third-order valence-corrected chi connectivity index (χ3v) is 18.2. The molecule has 0 rings (SSSR count). The lowest BCUT2D eigenvalue weighted by Crippen LogP contribution is -2.45. The molecule has 0 aliphatic carbocycles. The fraction of sp³-hybridized carbons (Fsp3) is 0.923. The Balaban J connectivity index is 3.34. The van der Waals surface area contributed by atoms with Gasteiger partial charge < -0.3 is 20.3 Å². The van der Waals surface area contributed by atoms with Gasteiger partial charge in [-0.3, -0.25) is 9.59 Å². The minimum Gasteiger partial charge on any atom is -0.466 e. The van der Waals surface area contributed by atoms with Crippen LogP contribution in [0.2, 0.25) is 0 Å². The summed E-state index contributed by atoms with van der Waals surface area (Å²) in [6.45, 7) is 4.99. The molecular weight excluding hydrogens is 1030 g/mol. The summed E-state index contributed by atoms with van der Waals surface area (Å²) >= 11 is 0. The molecule has 84 heavy (non-hydrogen) atoms. The third kappa shape index (κ3) is 69.4. The molecule has 498 valence electrons. The summed E-state index contributed by atoms with van der Waals surface area (Å²) < 4.78 is 5.51. The minimum absolute atomic E-state index is 0.0163. The molecule has 0 aliphatic rings. The van der Waals surface area contributed by atoms with E-state index in [0.717, 1.165) is 44.9 Å². The van der Waals surface area contributed by atoms with Gasteiger partial charge in [0.25, 0.3) is 0 Å². The molecule has 0 aliphatic heterocycles. The number of rotatable bonds is 73. The molecule has 3 N–H and O–H groups in total. The van der Waals surface area contributed by atoms with E-state index in [0.29, 0.717) is 25.9 Å². The third-order valence-electron chi connectivity index (χ3n) is 18.2. The van der Waals surface area contributed by atoms with Gasteiger partial charge in [0.05, 0.1) is 25.4 Å². The van der Waals surface area contributed by atoms with Crippen LogP contribution in [0, 0.1) is 0 Å². The number of hydrogen-bond donors (Lipinski definition) is 3. The van der Waals surface area contributed by atoms with Crippen LogP contribution in [-0.4, -0.2) is 47.4 Å². The molecule has 0 radical (unpaired) electrons. The van der Waals surface area contributed by atoms with E-state index in [1.807, 2.05) is 0 Å². The number of aliphatic hydroxyl groups excluding tert-OH is 2. The standard InChI is InChI=1S/C78H151NO5/c1-3-5-7-9-11-13-15-17-19-38-42-46-50-54-58-62-66-70-76(81)75(74-80)79-77(82)71-67-63-59-55-51-47-43-40-36-34-32-30-28-26-24-22-21-23-25-27-29-31-33-35-37-41-45-49-53-57-61-65-69-73-84-78(83)72-68-64-60-56-52-48-44-39-20-18-16-14-12-10-8-6-4-2/h18,20,25,27,75-76,80-81H,3-17,19,21-24,26,28-74H2,1-2H3,(H,79,82)/b20-18-,27-25-. The van der Waals surface area contributed by atoms with Crippen LogP contribution in [0.3, 0.4) is 0 Å². The Morgan fingerprint density at radius 1 is 0.321 bits per heavy atom. The number of amides is 1. The van der Waals surface area contributed by atoms with E-state index in [9.17, 15) is 19.8 Å². The smallest absolute Gasteiger partial charge is 0.305 e. The number of esters is 1. The van der Waals surface area contributed by atoms with Gasteiger partial charge in [-0.15, -0.1) is 0 Å². The van der Waals surface area contributed by atoms with Gasteiger partial charge in [-0.2, -0.15) is 0 Å². The zero-order chi connectivity index (χ0) is 60.6. The maximum absolute atomic E-state index is 12.5. The Bertz CT molecular complexity index is 1320. The van der Waals surface area contributed by atoms with E-state index in [4.69, 9.17) is 4.74 Å². The van der Waals surface area contributed by atoms with Gasteiger partial charge in [0, 0.05) is 12.8 Å². The van der Waals surface area contributed by atoms with Crippen LogP contribution in [0.1, 0.15) is 438 Å². The van der Waals surface area contributed by atoms with Crippen molar-refractivity contribution in [3.05, 3.63) is 24.3 Å². The van der Waals surface area contributed by atoms with Crippen LogP contribution in [-0.2, 0) is 14.3 Å². The van der Waals surface area contributed by atoms with E-state index in [-0.39, 0.29) is 18.5 Å². The summed E-state index contributed by atoms with van der Waals surface area (Å²) in [6.07, 6.45) is 94.0. The Morgan fingerprint density at radius 3 is 0.845 bits per heavy atom. The molecule has 0 bridgehead atoms. The first kappa shape index (κ1) is 82.3. The summed E-state index contributed by atoms with van der Waals surface area (Å²) in [5, 5.41) is 23.4.